The summed E-state index contributed by atoms with van der Waals surface area (Å²) in [4.78, 5) is 20.0. The number of hydrogen-bond donors (Lipinski definition) is 2. The van der Waals surface area contributed by atoms with Crippen LogP contribution in [0.25, 0.3) is 0 Å². The second-order valence-corrected chi connectivity index (χ2v) is 5.93. The zero-order chi connectivity index (χ0) is 18.6. The Hall–Kier alpha value is -3.53. The predicted molar refractivity (Wildman–Crippen MR) is 95.7 cm³/mol. The number of benzene rings is 1. The van der Waals surface area contributed by atoms with Gasteiger partial charge in [0.15, 0.2) is 0 Å². The summed E-state index contributed by atoms with van der Waals surface area (Å²) in [5.41, 5.74) is 6.70. The molecule has 130 valence electrons. The van der Waals surface area contributed by atoms with Crippen molar-refractivity contribution in [2.24, 2.45) is 10.7 Å². The molecule has 1 heterocycles. The number of nitriles is 1. The van der Waals surface area contributed by atoms with Crippen LogP contribution < -0.4 is 11.1 Å². The van der Waals surface area contributed by atoms with E-state index in [-0.39, 0.29) is 11.7 Å². The summed E-state index contributed by atoms with van der Waals surface area (Å²) in [6.45, 7) is 0. The SMILES string of the molecule is N#Cc1ccccc1C1(C(=O)N=C(N)/C=C\Nc2ccnc(F)c2)CC1. The molecule has 7 heteroatoms. The number of carbonyl (C=O) groups excluding carboxylic acids is 1. The van der Waals surface area contributed by atoms with Gasteiger partial charge in [-0.1, -0.05) is 18.2 Å². The lowest BCUT2D eigenvalue weighted by Crippen LogP contribution is -2.23. The maximum Gasteiger partial charge on any atom is 0.258 e. The smallest absolute Gasteiger partial charge is 0.258 e. The van der Waals surface area contributed by atoms with E-state index in [0.29, 0.717) is 29.7 Å². The zero-order valence-electron chi connectivity index (χ0n) is 13.8. The van der Waals surface area contributed by atoms with Gasteiger partial charge in [-0.25, -0.2) is 4.98 Å². The first-order chi connectivity index (χ1) is 12.5. The summed E-state index contributed by atoms with van der Waals surface area (Å²) in [5, 5.41) is 12.1. The fraction of sp³-hybridized carbons (Fsp3) is 0.158. The Bertz CT molecular complexity index is 941. The van der Waals surface area contributed by atoms with Crippen molar-refractivity contribution >= 4 is 17.4 Å². The number of nitrogens with one attached hydrogen (secondary N) is 1. The molecule has 2 aromatic rings. The Morgan fingerprint density at radius 1 is 1.38 bits per heavy atom. The van der Waals surface area contributed by atoms with E-state index in [1.165, 1.54) is 24.5 Å². The number of nitrogens with two attached hydrogens (primary N) is 1. The molecular weight excluding hydrogens is 333 g/mol. The van der Waals surface area contributed by atoms with Crippen LogP contribution in [0.2, 0.25) is 0 Å². The molecule has 0 spiro atoms. The molecule has 3 N–H and O–H groups in total. The molecule has 0 bridgehead atoms. The van der Waals surface area contributed by atoms with Crippen molar-refractivity contribution in [2.45, 2.75) is 18.3 Å². The molecule has 1 saturated carbocycles. The van der Waals surface area contributed by atoms with E-state index in [1.54, 1.807) is 30.3 Å². The number of amidine groups is 1. The van der Waals surface area contributed by atoms with Gasteiger partial charge in [-0.3, -0.25) is 4.79 Å². The Kier molecular flexibility index (Phi) is 4.76. The summed E-state index contributed by atoms with van der Waals surface area (Å²) >= 11 is 0. The van der Waals surface area contributed by atoms with Gasteiger partial charge in [-0.2, -0.15) is 14.6 Å². The molecule has 0 unspecified atom stereocenters. The molecule has 0 atom stereocenters. The van der Waals surface area contributed by atoms with E-state index >= 15 is 0 Å². The molecule has 0 aliphatic heterocycles. The number of pyridine rings is 1. The number of hydrogen-bond acceptors (Lipinski definition) is 4. The molecule has 0 radical (unpaired) electrons. The average molecular weight is 349 g/mol. The molecule has 1 aliphatic rings. The molecule has 1 fully saturated rings. The van der Waals surface area contributed by atoms with Gasteiger partial charge in [-0.05, 0) is 36.6 Å². The van der Waals surface area contributed by atoms with Gasteiger partial charge in [0.25, 0.3) is 5.91 Å². The van der Waals surface area contributed by atoms with E-state index in [2.05, 4.69) is 21.4 Å². The number of aliphatic imine (C=N–C) groups is 1. The summed E-state index contributed by atoms with van der Waals surface area (Å²) in [7, 11) is 0. The maximum atomic E-state index is 13.0. The molecule has 0 saturated heterocycles. The van der Waals surface area contributed by atoms with Crippen LogP contribution in [0.3, 0.4) is 0 Å². The third-order valence-electron chi connectivity index (χ3n) is 4.18. The largest absolute Gasteiger partial charge is 0.384 e. The number of aromatic nitrogens is 1. The highest BCUT2D eigenvalue weighted by Crippen LogP contribution is 2.50. The van der Waals surface area contributed by atoms with Crippen LogP contribution >= 0.6 is 0 Å². The van der Waals surface area contributed by atoms with Crippen molar-refractivity contribution < 1.29 is 9.18 Å². The van der Waals surface area contributed by atoms with Crippen LogP contribution in [0.4, 0.5) is 10.1 Å². The number of anilines is 1. The van der Waals surface area contributed by atoms with E-state index in [4.69, 9.17) is 5.73 Å². The standard InChI is InChI=1S/C19H16FN5O/c20-16-11-14(5-9-24-16)23-10-6-17(22)25-18(26)19(7-8-19)15-4-2-1-3-13(15)12-21/h1-6,9-11H,7-8H2,(H,23,24)(H2,22,25,26)/b10-6-. The summed E-state index contributed by atoms with van der Waals surface area (Å²) in [5.74, 6) is -0.943. The van der Waals surface area contributed by atoms with Crippen molar-refractivity contribution in [3.05, 3.63) is 71.9 Å². The van der Waals surface area contributed by atoms with Crippen LogP contribution in [0, 0.1) is 17.3 Å². The van der Waals surface area contributed by atoms with Crippen LogP contribution in [0.1, 0.15) is 24.0 Å². The number of carbonyl (C=O) groups is 1. The highest BCUT2D eigenvalue weighted by Gasteiger charge is 2.52. The van der Waals surface area contributed by atoms with E-state index in [0.717, 1.165) is 0 Å². The quantitative estimate of drug-likeness (QED) is 0.490. The molecule has 6 nitrogen and oxygen atoms in total. The fourth-order valence-corrected chi connectivity index (χ4v) is 2.70. The minimum absolute atomic E-state index is 0.0257. The average Bonchev–Trinajstić information content (AvgIpc) is 3.43. The number of amides is 1. The first-order valence-electron chi connectivity index (χ1n) is 7.98. The number of nitrogens with zero attached hydrogens (tertiary/aromatic N) is 3. The zero-order valence-corrected chi connectivity index (χ0v) is 13.8. The summed E-state index contributed by atoms with van der Waals surface area (Å²) < 4.78 is 13.0. The minimum Gasteiger partial charge on any atom is -0.384 e. The fourth-order valence-electron chi connectivity index (χ4n) is 2.70. The van der Waals surface area contributed by atoms with E-state index in [9.17, 15) is 14.4 Å². The first kappa shape index (κ1) is 17.3. The monoisotopic (exact) mass is 349 g/mol. The van der Waals surface area contributed by atoms with Gasteiger partial charge in [0.1, 0.15) is 5.84 Å². The Morgan fingerprint density at radius 2 is 2.15 bits per heavy atom. The predicted octanol–water partition coefficient (Wildman–Crippen LogP) is 2.63. The molecule has 1 aromatic carbocycles. The normalized spacial score (nSPS) is 15.5. The third kappa shape index (κ3) is 3.59. The molecule has 26 heavy (non-hydrogen) atoms. The Balaban J connectivity index is 1.72. The van der Waals surface area contributed by atoms with Crippen LogP contribution in [-0.2, 0) is 10.2 Å². The number of halogens is 1. The lowest BCUT2D eigenvalue weighted by molar-refractivity contribution is -0.120. The van der Waals surface area contributed by atoms with E-state index in [1.807, 2.05) is 0 Å². The molecule has 1 aliphatic carbocycles. The topological polar surface area (TPSA) is 104 Å². The Labute approximate surface area is 149 Å². The molecule has 1 amide bonds. The van der Waals surface area contributed by atoms with Crippen LogP contribution in [0.5, 0.6) is 0 Å². The van der Waals surface area contributed by atoms with Crippen molar-refractivity contribution in [3.8, 4) is 6.07 Å². The van der Waals surface area contributed by atoms with Gasteiger partial charge in [-0.15, -0.1) is 0 Å². The first-order valence-corrected chi connectivity index (χ1v) is 7.98. The van der Waals surface area contributed by atoms with Crippen molar-refractivity contribution in [1.82, 2.24) is 4.98 Å². The second kappa shape index (κ2) is 7.15. The van der Waals surface area contributed by atoms with Crippen molar-refractivity contribution in [1.29, 1.82) is 5.26 Å². The maximum absolute atomic E-state index is 13.0. The lowest BCUT2D eigenvalue weighted by Gasteiger charge is -2.13. The van der Waals surface area contributed by atoms with Crippen LogP contribution in [-0.4, -0.2) is 16.7 Å². The Morgan fingerprint density at radius 3 is 2.85 bits per heavy atom. The minimum atomic E-state index is -0.758. The van der Waals surface area contributed by atoms with E-state index < -0.39 is 11.4 Å². The third-order valence-corrected chi connectivity index (χ3v) is 4.18. The van der Waals surface area contributed by atoms with Gasteiger partial charge in [0.2, 0.25) is 5.95 Å². The van der Waals surface area contributed by atoms with Gasteiger partial charge in [0, 0.05) is 24.2 Å². The molecule has 3 rings (SSSR count). The van der Waals surface area contributed by atoms with Crippen molar-refractivity contribution in [3.63, 3.8) is 0 Å². The summed E-state index contributed by atoms with van der Waals surface area (Å²) in [6, 6.07) is 12.0. The van der Waals surface area contributed by atoms with Crippen molar-refractivity contribution in [2.75, 3.05) is 5.32 Å². The summed E-state index contributed by atoms with van der Waals surface area (Å²) in [6.07, 6.45) is 5.49. The van der Waals surface area contributed by atoms with Gasteiger partial charge >= 0.3 is 0 Å². The molecular formula is C19H16FN5O. The second-order valence-electron chi connectivity index (χ2n) is 5.93. The van der Waals surface area contributed by atoms with Crippen LogP contribution in [0.15, 0.2) is 59.9 Å². The van der Waals surface area contributed by atoms with Gasteiger partial charge in [0.05, 0.1) is 17.0 Å². The van der Waals surface area contributed by atoms with Gasteiger partial charge < -0.3 is 11.1 Å². The highest BCUT2D eigenvalue weighted by atomic mass is 19.1. The highest BCUT2D eigenvalue weighted by molar-refractivity contribution is 6.04. The number of rotatable bonds is 5. The lowest BCUT2D eigenvalue weighted by atomic mass is 9.91. The molecule has 1 aromatic heterocycles.